The number of hydrogen-bond donors (Lipinski definition) is 3. The summed E-state index contributed by atoms with van der Waals surface area (Å²) in [6, 6.07) is 0. The number of nitrogens with zero attached hydrogens (tertiary/aromatic N) is 3. The third kappa shape index (κ3) is 3.99. The lowest BCUT2D eigenvalue weighted by Crippen LogP contribution is -2.39. The van der Waals surface area contributed by atoms with Crippen LogP contribution in [0.25, 0.3) is 0 Å². The second-order valence-corrected chi connectivity index (χ2v) is 4.74. The number of hydrogen-bond acceptors (Lipinski definition) is 6. The number of hydrazine groups is 1. The Morgan fingerprint density at radius 2 is 2.24 bits per heavy atom. The van der Waals surface area contributed by atoms with Crippen LogP contribution in [0.15, 0.2) is 6.20 Å². The van der Waals surface area contributed by atoms with Gasteiger partial charge in [0.25, 0.3) is 0 Å². The summed E-state index contributed by atoms with van der Waals surface area (Å²) in [5.74, 6) is 6.10. The van der Waals surface area contributed by atoms with Gasteiger partial charge in [-0.2, -0.15) is 4.98 Å². The molecule has 17 heavy (non-hydrogen) atoms. The number of nitrogens with two attached hydrogens (primary N) is 1. The molecule has 7 heteroatoms. The van der Waals surface area contributed by atoms with Crippen molar-refractivity contribution in [2.75, 3.05) is 23.4 Å². The van der Waals surface area contributed by atoms with Gasteiger partial charge < -0.3 is 10.0 Å². The van der Waals surface area contributed by atoms with Gasteiger partial charge in [-0.25, -0.2) is 10.8 Å². The fraction of sp³-hybridized carbons (Fsp3) is 0.600. The quantitative estimate of drug-likeness (QED) is 0.540. The van der Waals surface area contributed by atoms with E-state index < -0.39 is 5.60 Å². The topological polar surface area (TPSA) is 87.3 Å². The van der Waals surface area contributed by atoms with Crippen molar-refractivity contribution in [3.63, 3.8) is 0 Å². The Morgan fingerprint density at radius 1 is 1.59 bits per heavy atom. The Balaban J connectivity index is 3.02. The summed E-state index contributed by atoms with van der Waals surface area (Å²) in [7, 11) is 0. The molecule has 0 bridgehead atoms. The predicted octanol–water partition coefficient (Wildman–Crippen LogP) is 1.01. The molecule has 1 aromatic rings. The summed E-state index contributed by atoms with van der Waals surface area (Å²) in [5, 5.41) is 10.3. The fourth-order valence-corrected chi connectivity index (χ4v) is 1.66. The maximum absolute atomic E-state index is 9.83. The highest BCUT2D eigenvalue weighted by Gasteiger charge is 2.20. The number of rotatable bonds is 5. The van der Waals surface area contributed by atoms with Crippen molar-refractivity contribution in [1.82, 2.24) is 9.97 Å². The van der Waals surface area contributed by atoms with E-state index in [-0.39, 0.29) is 0 Å². The first-order valence-corrected chi connectivity index (χ1v) is 5.71. The van der Waals surface area contributed by atoms with Crippen LogP contribution < -0.4 is 16.2 Å². The van der Waals surface area contributed by atoms with E-state index in [1.165, 1.54) is 6.20 Å². The Kier molecular flexibility index (Phi) is 4.50. The lowest BCUT2D eigenvalue weighted by atomic mass is 10.1. The van der Waals surface area contributed by atoms with Crippen LogP contribution in [0.5, 0.6) is 0 Å². The second-order valence-electron chi connectivity index (χ2n) is 4.34. The standard InChI is InChI=1S/C10H18ClN5O/c1-4-16(6-10(2,3)17)8-7(11)5-13-9(14-8)15-12/h5,17H,4,6,12H2,1-3H3,(H,13,14,15). The predicted molar refractivity (Wildman–Crippen MR) is 69.0 cm³/mol. The summed E-state index contributed by atoms with van der Waals surface area (Å²) in [4.78, 5) is 9.95. The highest BCUT2D eigenvalue weighted by atomic mass is 35.5. The van der Waals surface area contributed by atoms with Crippen molar-refractivity contribution >= 4 is 23.4 Å². The van der Waals surface area contributed by atoms with Crippen molar-refractivity contribution in [1.29, 1.82) is 0 Å². The minimum Gasteiger partial charge on any atom is -0.389 e. The number of aliphatic hydroxyl groups is 1. The summed E-state index contributed by atoms with van der Waals surface area (Å²) in [6.07, 6.45) is 1.48. The fourth-order valence-electron chi connectivity index (χ4n) is 1.45. The maximum atomic E-state index is 9.83. The molecule has 0 aliphatic rings. The van der Waals surface area contributed by atoms with Gasteiger partial charge in [0, 0.05) is 13.1 Å². The van der Waals surface area contributed by atoms with Crippen molar-refractivity contribution < 1.29 is 5.11 Å². The second kappa shape index (κ2) is 5.48. The van der Waals surface area contributed by atoms with Crippen LogP contribution in [-0.4, -0.2) is 33.8 Å². The minimum absolute atomic E-state index is 0.290. The molecule has 0 fully saturated rings. The van der Waals surface area contributed by atoms with E-state index in [1.54, 1.807) is 13.8 Å². The monoisotopic (exact) mass is 259 g/mol. The third-order valence-corrected chi connectivity index (χ3v) is 2.38. The van der Waals surface area contributed by atoms with Gasteiger partial charge in [0.1, 0.15) is 5.02 Å². The number of anilines is 2. The summed E-state index contributed by atoms with van der Waals surface area (Å²) in [5.41, 5.74) is 1.53. The molecule has 0 radical (unpaired) electrons. The molecule has 0 aromatic carbocycles. The van der Waals surface area contributed by atoms with E-state index >= 15 is 0 Å². The van der Waals surface area contributed by atoms with Gasteiger partial charge >= 0.3 is 0 Å². The van der Waals surface area contributed by atoms with Gasteiger partial charge in [-0.05, 0) is 20.8 Å². The molecule has 0 spiro atoms. The number of nitrogens with one attached hydrogen (secondary N) is 1. The number of aromatic nitrogens is 2. The van der Waals surface area contributed by atoms with E-state index in [0.29, 0.717) is 29.9 Å². The minimum atomic E-state index is -0.833. The highest BCUT2D eigenvalue weighted by molar-refractivity contribution is 6.32. The van der Waals surface area contributed by atoms with Crippen molar-refractivity contribution in [2.24, 2.45) is 5.84 Å². The highest BCUT2D eigenvalue weighted by Crippen LogP contribution is 2.24. The molecule has 0 saturated heterocycles. The van der Waals surface area contributed by atoms with E-state index in [9.17, 15) is 5.11 Å². The van der Waals surface area contributed by atoms with Gasteiger partial charge in [-0.3, -0.25) is 5.43 Å². The molecule has 96 valence electrons. The molecular formula is C10H18ClN5O. The van der Waals surface area contributed by atoms with E-state index in [0.717, 1.165) is 0 Å². The lowest BCUT2D eigenvalue weighted by molar-refractivity contribution is 0.0874. The Hall–Kier alpha value is -1.11. The molecule has 0 aliphatic carbocycles. The van der Waals surface area contributed by atoms with Crippen LogP contribution in [0.1, 0.15) is 20.8 Å². The normalized spacial score (nSPS) is 11.4. The number of likely N-dealkylation sites (N-methyl/N-ethyl adjacent to an activating group) is 1. The van der Waals surface area contributed by atoms with E-state index in [1.807, 2.05) is 11.8 Å². The zero-order valence-corrected chi connectivity index (χ0v) is 11.0. The summed E-state index contributed by atoms with van der Waals surface area (Å²) < 4.78 is 0. The van der Waals surface area contributed by atoms with Crippen molar-refractivity contribution in [2.45, 2.75) is 26.4 Å². The van der Waals surface area contributed by atoms with E-state index in [2.05, 4.69) is 15.4 Å². The molecule has 0 atom stereocenters. The zero-order valence-electron chi connectivity index (χ0n) is 10.2. The molecule has 0 saturated carbocycles. The zero-order chi connectivity index (χ0) is 13.1. The molecule has 1 heterocycles. The van der Waals surface area contributed by atoms with Crippen LogP contribution >= 0.6 is 11.6 Å². The van der Waals surface area contributed by atoms with Crippen LogP contribution in [-0.2, 0) is 0 Å². The first kappa shape index (κ1) is 14.0. The first-order valence-electron chi connectivity index (χ1n) is 5.34. The van der Waals surface area contributed by atoms with Gasteiger partial charge in [-0.15, -0.1) is 0 Å². The van der Waals surface area contributed by atoms with Crippen LogP contribution in [0, 0.1) is 0 Å². The van der Waals surface area contributed by atoms with Crippen molar-refractivity contribution in [3.8, 4) is 0 Å². The van der Waals surface area contributed by atoms with Crippen molar-refractivity contribution in [3.05, 3.63) is 11.2 Å². The summed E-state index contributed by atoms with van der Waals surface area (Å²) in [6.45, 7) is 6.51. The van der Waals surface area contributed by atoms with Gasteiger partial charge in [0.05, 0.1) is 11.8 Å². The molecule has 4 N–H and O–H groups in total. The third-order valence-electron chi connectivity index (χ3n) is 2.11. The Bertz CT molecular complexity index is 379. The molecule has 6 nitrogen and oxygen atoms in total. The van der Waals surface area contributed by atoms with Crippen LogP contribution in [0.3, 0.4) is 0 Å². The van der Waals surface area contributed by atoms with Crippen LogP contribution in [0.4, 0.5) is 11.8 Å². The molecule has 0 aliphatic heterocycles. The van der Waals surface area contributed by atoms with Gasteiger partial charge in [0.15, 0.2) is 5.82 Å². The lowest BCUT2D eigenvalue weighted by Gasteiger charge is -2.29. The molecule has 1 aromatic heterocycles. The Labute approximate surface area is 106 Å². The van der Waals surface area contributed by atoms with Gasteiger partial charge in [-0.1, -0.05) is 11.6 Å². The summed E-state index contributed by atoms with van der Waals surface area (Å²) >= 11 is 6.04. The van der Waals surface area contributed by atoms with Crippen LogP contribution in [0.2, 0.25) is 5.02 Å². The first-order chi connectivity index (χ1) is 7.87. The molecule has 0 unspecified atom stereocenters. The Morgan fingerprint density at radius 3 is 2.71 bits per heavy atom. The molecule has 0 amide bonds. The largest absolute Gasteiger partial charge is 0.389 e. The smallest absolute Gasteiger partial charge is 0.239 e. The van der Waals surface area contributed by atoms with E-state index in [4.69, 9.17) is 17.4 Å². The number of halogens is 1. The average molecular weight is 260 g/mol. The average Bonchev–Trinajstić information content (AvgIpc) is 2.25. The van der Waals surface area contributed by atoms with Gasteiger partial charge in [0.2, 0.25) is 5.95 Å². The SMILES string of the molecule is CCN(CC(C)(C)O)c1nc(NN)ncc1Cl. The molecule has 1 rings (SSSR count). The molecular weight excluding hydrogens is 242 g/mol. The maximum Gasteiger partial charge on any atom is 0.239 e. The number of nitrogen functional groups attached to an aromatic ring is 1.